The molecule has 0 aromatic heterocycles. The highest BCUT2D eigenvalue weighted by molar-refractivity contribution is 7.80. The quantitative estimate of drug-likeness (QED) is 0.443. The van der Waals surface area contributed by atoms with Crippen molar-refractivity contribution in [2.75, 3.05) is 7.11 Å². The summed E-state index contributed by atoms with van der Waals surface area (Å²) in [5.74, 6) is 0.322. The third-order valence-electron chi connectivity index (χ3n) is 1.12. The number of methoxy groups -OCH3 is 1. The van der Waals surface area contributed by atoms with Crippen molar-refractivity contribution in [1.29, 1.82) is 0 Å². The zero-order valence-corrected chi connectivity index (χ0v) is 6.70. The van der Waals surface area contributed by atoms with Crippen molar-refractivity contribution in [2.45, 2.75) is 13.3 Å². The molecule has 0 aliphatic heterocycles. The molecule has 0 bridgehead atoms. The predicted molar refractivity (Wildman–Crippen MR) is 43.6 cm³/mol. The number of hydrogen-bond acceptors (Lipinski definition) is 2. The second-order valence-corrected chi connectivity index (χ2v) is 2.35. The summed E-state index contributed by atoms with van der Waals surface area (Å²) in [5, 5.41) is 0.662. The lowest BCUT2D eigenvalue weighted by molar-refractivity contribution is 0.383. The molecule has 52 valence electrons. The Morgan fingerprint density at radius 1 is 1.89 bits per heavy atom. The molecule has 0 saturated heterocycles. The molecule has 1 atom stereocenters. The minimum absolute atomic E-state index is 0.322. The molecule has 9 heavy (non-hydrogen) atoms. The SMILES string of the molecule is C=CCC(C)C(=S)OC. The van der Waals surface area contributed by atoms with Crippen LogP contribution in [0.1, 0.15) is 13.3 Å². The number of rotatable bonds is 3. The van der Waals surface area contributed by atoms with Gasteiger partial charge in [-0.05, 0) is 18.6 Å². The summed E-state index contributed by atoms with van der Waals surface area (Å²) in [5.41, 5.74) is 0. The maximum absolute atomic E-state index is 4.87. The summed E-state index contributed by atoms with van der Waals surface area (Å²) < 4.78 is 4.85. The first-order valence-electron chi connectivity index (χ1n) is 2.91. The third-order valence-corrected chi connectivity index (χ3v) is 1.69. The van der Waals surface area contributed by atoms with Crippen LogP contribution in [0.5, 0.6) is 0 Å². The molecule has 0 rings (SSSR count). The molecule has 0 N–H and O–H groups in total. The largest absolute Gasteiger partial charge is 0.490 e. The maximum atomic E-state index is 4.87. The van der Waals surface area contributed by atoms with E-state index in [0.29, 0.717) is 11.0 Å². The van der Waals surface area contributed by atoms with Gasteiger partial charge in [0, 0.05) is 5.92 Å². The number of allylic oxidation sites excluding steroid dienone is 1. The van der Waals surface area contributed by atoms with Crippen molar-refractivity contribution in [3.05, 3.63) is 12.7 Å². The van der Waals surface area contributed by atoms with E-state index < -0.39 is 0 Å². The Kier molecular flexibility index (Phi) is 4.32. The molecule has 0 heterocycles. The summed E-state index contributed by atoms with van der Waals surface area (Å²) >= 11 is 4.87. The average Bonchev–Trinajstić information content (AvgIpc) is 1.87. The molecule has 0 aliphatic carbocycles. The molecular formula is C7H12OS. The predicted octanol–water partition coefficient (Wildman–Crippen LogP) is 2.17. The molecule has 0 aromatic carbocycles. The van der Waals surface area contributed by atoms with Gasteiger partial charge in [0.05, 0.1) is 7.11 Å². The monoisotopic (exact) mass is 144 g/mol. The molecule has 0 fully saturated rings. The first-order valence-corrected chi connectivity index (χ1v) is 3.32. The second-order valence-electron chi connectivity index (χ2n) is 1.95. The van der Waals surface area contributed by atoms with E-state index in [1.165, 1.54) is 0 Å². The van der Waals surface area contributed by atoms with Crippen LogP contribution in [-0.2, 0) is 4.74 Å². The molecule has 0 radical (unpaired) electrons. The molecule has 0 aromatic rings. The van der Waals surface area contributed by atoms with Gasteiger partial charge in [-0.25, -0.2) is 0 Å². The van der Waals surface area contributed by atoms with Crippen LogP contribution in [0.2, 0.25) is 0 Å². The van der Waals surface area contributed by atoms with Gasteiger partial charge >= 0.3 is 0 Å². The zero-order valence-electron chi connectivity index (χ0n) is 5.89. The number of thiocarbonyl (C=S) groups is 1. The minimum Gasteiger partial charge on any atom is -0.490 e. The Morgan fingerprint density at radius 3 is 2.78 bits per heavy atom. The van der Waals surface area contributed by atoms with Gasteiger partial charge in [-0.15, -0.1) is 6.58 Å². The average molecular weight is 144 g/mol. The standard InChI is InChI=1S/C7H12OS/c1-4-5-6(2)7(9)8-3/h4,6H,1,5H2,2-3H3. The van der Waals surface area contributed by atoms with E-state index in [2.05, 4.69) is 6.58 Å². The van der Waals surface area contributed by atoms with E-state index in [-0.39, 0.29) is 0 Å². The lowest BCUT2D eigenvalue weighted by Gasteiger charge is -2.07. The van der Waals surface area contributed by atoms with Crippen molar-refractivity contribution >= 4 is 17.3 Å². The fraction of sp³-hybridized carbons (Fsp3) is 0.571. The summed E-state index contributed by atoms with van der Waals surface area (Å²) in [6.07, 6.45) is 2.74. The van der Waals surface area contributed by atoms with Gasteiger partial charge in [0.1, 0.15) is 0 Å². The van der Waals surface area contributed by atoms with Crippen molar-refractivity contribution in [3.8, 4) is 0 Å². The van der Waals surface area contributed by atoms with E-state index in [0.717, 1.165) is 6.42 Å². The highest BCUT2D eigenvalue weighted by atomic mass is 32.1. The molecule has 2 heteroatoms. The first-order chi connectivity index (χ1) is 4.22. The van der Waals surface area contributed by atoms with E-state index in [1.807, 2.05) is 13.0 Å². The molecule has 0 spiro atoms. The lowest BCUT2D eigenvalue weighted by atomic mass is 10.1. The van der Waals surface area contributed by atoms with Gasteiger partial charge in [0.15, 0.2) is 5.05 Å². The summed E-state index contributed by atoms with van der Waals surface area (Å²) in [7, 11) is 1.60. The van der Waals surface area contributed by atoms with E-state index in [4.69, 9.17) is 17.0 Å². The molecule has 0 saturated carbocycles. The van der Waals surface area contributed by atoms with Crippen LogP contribution in [-0.4, -0.2) is 12.2 Å². The van der Waals surface area contributed by atoms with Crippen molar-refractivity contribution in [3.63, 3.8) is 0 Å². The normalized spacial score (nSPS) is 12.2. The topological polar surface area (TPSA) is 9.23 Å². The molecule has 1 unspecified atom stereocenters. The lowest BCUT2D eigenvalue weighted by Crippen LogP contribution is -2.08. The molecule has 0 amide bonds. The Labute approximate surface area is 61.7 Å². The Bertz CT molecular complexity index is 109. The second kappa shape index (κ2) is 4.50. The summed E-state index contributed by atoms with van der Waals surface area (Å²) in [6, 6.07) is 0. The highest BCUT2D eigenvalue weighted by Gasteiger charge is 2.04. The van der Waals surface area contributed by atoms with Crippen molar-refractivity contribution in [1.82, 2.24) is 0 Å². The molecular weight excluding hydrogens is 132 g/mol. The van der Waals surface area contributed by atoms with E-state index >= 15 is 0 Å². The fourth-order valence-electron chi connectivity index (χ4n) is 0.547. The summed E-state index contributed by atoms with van der Waals surface area (Å²) in [4.78, 5) is 0. The Hall–Kier alpha value is -0.370. The maximum Gasteiger partial charge on any atom is 0.162 e. The van der Waals surface area contributed by atoms with Gasteiger partial charge in [0.25, 0.3) is 0 Å². The fourth-order valence-corrected chi connectivity index (χ4v) is 0.644. The molecule has 0 aliphatic rings. The third kappa shape index (κ3) is 3.25. The van der Waals surface area contributed by atoms with Gasteiger partial charge in [-0.2, -0.15) is 0 Å². The van der Waals surface area contributed by atoms with Crippen LogP contribution in [0.15, 0.2) is 12.7 Å². The van der Waals surface area contributed by atoms with Crippen LogP contribution in [0, 0.1) is 5.92 Å². The van der Waals surface area contributed by atoms with Gasteiger partial charge in [-0.3, -0.25) is 0 Å². The van der Waals surface area contributed by atoms with Gasteiger partial charge in [0.2, 0.25) is 0 Å². The van der Waals surface area contributed by atoms with Crippen molar-refractivity contribution < 1.29 is 4.74 Å². The van der Waals surface area contributed by atoms with E-state index in [9.17, 15) is 0 Å². The van der Waals surface area contributed by atoms with Gasteiger partial charge in [-0.1, -0.05) is 13.0 Å². The van der Waals surface area contributed by atoms with Crippen LogP contribution in [0.4, 0.5) is 0 Å². The van der Waals surface area contributed by atoms with Crippen LogP contribution < -0.4 is 0 Å². The minimum atomic E-state index is 0.322. The van der Waals surface area contributed by atoms with Crippen molar-refractivity contribution in [2.24, 2.45) is 5.92 Å². The van der Waals surface area contributed by atoms with Gasteiger partial charge < -0.3 is 4.74 Å². The van der Waals surface area contributed by atoms with Crippen LogP contribution in [0.25, 0.3) is 0 Å². The molecule has 1 nitrogen and oxygen atoms in total. The Morgan fingerprint density at radius 2 is 2.44 bits per heavy atom. The highest BCUT2D eigenvalue weighted by Crippen LogP contribution is 2.05. The Balaban J connectivity index is 3.58. The van der Waals surface area contributed by atoms with Crippen LogP contribution >= 0.6 is 12.2 Å². The number of ether oxygens (including phenoxy) is 1. The first kappa shape index (κ1) is 8.63. The summed E-state index contributed by atoms with van der Waals surface area (Å²) in [6.45, 7) is 5.62. The zero-order chi connectivity index (χ0) is 7.28. The van der Waals surface area contributed by atoms with E-state index in [1.54, 1.807) is 7.11 Å². The number of hydrogen-bond donors (Lipinski definition) is 0. The smallest absolute Gasteiger partial charge is 0.162 e. The van der Waals surface area contributed by atoms with Crippen LogP contribution in [0.3, 0.4) is 0 Å².